The molecule has 3 rings (SSSR count). The number of allylic oxidation sites excluding steroid dienone is 3. The highest BCUT2D eigenvalue weighted by molar-refractivity contribution is 7.03. The summed E-state index contributed by atoms with van der Waals surface area (Å²) in [5.41, 5.74) is 0. The molecule has 2 aromatic rings. The first-order valence-corrected chi connectivity index (χ1v) is 10.4. The van der Waals surface area contributed by atoms with Crippen molar-refractivity contribution in [3.63, 3.8) is 0 Å². The Balaban J connectivity index is 2.23. The van der Waals surface area contributed by atoms with Crippen molar-refractivity contribution in [3.05, 3.63) is 84.6 Å². The van der Waals surface area contributed by atoms with Crippen LogP contribution in [0.1, 0.15) is 25.7 Å². The fourth-order valence-electron chi connectivity index (χ4n) is 3.37. The monoisotopic (exact) mass is 320 g/mol. The van der Waals surface area contributed by atoms with Crippen LogP contribution >= 0.6 is 0 Å². The summed E-state index contributed by atoms with van der Waals surface area (Å²) in [6.07, 6.45) is 9.09. The lowest BCUT2D eigenvalue weighted by Crippen LogP contribution is -2.62. The first kappa shape index (κ1) is 16.0. The summed E-state index contributed by atoms with van der Waals surface area (Å²) in [5.74, 6) is 0. The van der Waals surface area contributed by atoms with E-state index in [2.05, 4.69) is 73.3 Å². The molecule has 0 unspecified atom stereocenters. The fourth-order valence-corrected chi connectivity index (χ4v) is 7.37. The predicted octanol–water partition coefficient (Wildman–Crippen LogP) is 3.99. The van der Waals surface area contributed by atoms with E-state index in [0.717, 1.165) is 19.4 Å². The number of hydrogen-bond donors (Lipinski definition) is 0. The normalized spacial score (nSPS) is 20.4. The maximum atomic E-state index is 6.73. The zero-order valence-electron chi connectivity index (χ0n) is 13.6. The molecular formula is C21H24OSi. The van der Waals surface area contributed by atoms with Crippen molar-refractivity contribution < 1.29 is 4.43 Å². The van der Waals surface area contributed by atoms with Crippen LogP contribution in [-0.4, -0.2) is 14.9 Å². The molecule has 0 fully saturated rings. The molecule has 23 heavy (non-hydrogen) atoms. The van der Waals surface area contributed by atoms with Crippen molar-refractivity contribution in [2.75, 3.05) is 6.61 Å². The quantitative estimate of drug-likeness (QED) is 0.777. The van der Waals surface area contributed by atoms with E-state index in [-0.39, 0.29) is 0 Å². The third kappa shape index (κ3) is 3.24. The van der Waals surface area contributed by atoms with E-state index in [1.165, 1.54) is 28.4 Å². The average Bonchev–Trinajstić information content (AvgIpc) is 2.73. The molecule has 1 heterocycles. The second-order valence-corrected chi connectivity index (χ2v) is 9.36. The van der Waals surface area contributed by atoms with Crippen LogP contribution in [0.4, 0.5) is 0 Å². The van der Waals surface area contributed by atoms with Gasteiger partial charge in [0.25, 0.3) is 8.32 Å². The SMILES string of the molecule is C=C/C1=C/CCCCCO[Si]1(c1ccccc1)c1ccccc1. The molecule has 1 aliphatic rings. The highest BCUT2D eigenvalue weighted by Crippen LogP contribution is 2.22. The van der Waals surface area contributed by atoms with E-state index >= 15 is 0 Å². The first-order valence-electron chi connectivity index (χ1n) is 8.46. The van der Waals surface area contributed by atoms with Gasteiger partial charge in [0.1, 0.15) is 0 Å². The highest BCUT2D eigenvalue weighted by Gasteiger charge is 2.42. The van der Waals surface area contributed by atoms with Crippen molar-refractivity contribution in [3.8, 4) is 0 Å². The van der Waals surface area contributed by atoms with Gasteiger partial charge < -0.3 is 4.43 Å². The summed E-state index contributed by atoms with van der Waals surface area (Å²) in [5, 5.41) is 3.90. The fraction of sp³-hybridized carbons (Fsp3) is 0.238. The molecule has 0 saturated carbocycles. The molecule has 0 radical (unpaired) electrons. The van der Waals surface area contributed by atoms with Crippen LogP contribution in [0, 0.1) is 0 Å². The molecule has 118 valence electrons. The zero-order valence-corrected chi connectivity index (χ0v) is 14.6. The van der Waals surface area contributed by atoms with Gasteiger partial charge in [0.15, 0.2) is 0 Å². The molecule has 1 aliphatic heterocycles. The molecule has 0 amide bonds. The minimum Gasteiger partial charge on any atom is -0.404 e. The summed E-state index contributed by atoms with van der Waals surface area (Å²) in [6.45, 7) is 4.94. The summed E-state index contributed by atoms with van der Waals surface area (Å²) in [6, 6.07) is 21.5. The van der Waals surface area contributed by atoms with Gasteiger partial charge in [0, 0.05) is 6.61 Å². The van der Waals surface area contributed by atoms with Crippen molar-refractivity contribution in [2.24, 2.45) is 0 Å². The van der Waals surface area contributed by atoms with Gasteiger partial charge in [0.2, 0.25) is 0 Å². The van der Waals surface area contributed by atoms with Crippen LogP contribution in [0.5, 0.6) is 0 Å². The molecule has 0 N–H and O–H groups in total. The molecule has 0 bridgehead atoms. The van der Waals surface area contributed by atoms with Crippen molar-refractivity contribution in [1.29, 1.82) is 0 Å². The minimum absolute atomic E-state index is 0.821. The van der Waals surface area contributed by atoms with Gasteiger partial charge in [-0.25, -0.2) is 0 Å². The largest absolute Gasteiger partial charge is 0.404 e. The van der Waals surface area contributed by atoms with E-state index in [9.17, 15) is 0 Å². The minimum atomic E-state index is -2.44. The van der Waals surface area contributed by atoms with Gasteiger partial charge in [0.05, 0.1) is 0 Å². The third-order valence-electron chi connectivity index (χ3n) is 4.52. The Bertz CT molecular complexity index is 621. The molecule has 0 aliphatic carbocycles. The summed E-state index contributed by atoms with van der Waals surface area (Å²) in [7, 11) is -2.44. The van der Waals surface area contributed by atoms with Crippen LogP contribution in [0.25, 0.3) is 0 Å². The standard InChI is InChI=1S/C21H24OSi/c1-2-19-13-7-3-4-12-18-22-23(19,20-14-8-5-9-15-20)21-16-10-6-11-17-21/h2,5-6,8-11,13-17H,1,3-4,7,12,18H2/b19-13-. The smallest absolute Gasteiger partial charge is 0.287 e. The van der Waals surface area contributed by atoms with Crippen LogP contribution < -0.4 is 10.4 Å². The van der Waals surface area contributed by atoms with Gasteiger partial charge in [-0.3, -0.25) is 0 Å². The van der Waals surface area contributed by atoms with Gasteiger partial charge in [-0.05, 0) is 34.8 Å². The van der Waals surface area contributed by atoms with Crippen LogP contribution in [0.15, 0.2) is 84.6 Å². The molecule has 0 atom stereocenters. The van der Waals surface area contributed by atoms with Crippen molar-refractivity contribution in [1.82, 2.24) is 0 Å². The van der Waals surface area contributed by atoms with Crippen molar-refractivity contribution >= 4 is 18.7 Å². The lowest BCUT2D eigenvalue weighted by atomic mass is 10.2. The van der Waals surface area contributed by atoms with Gasteiger partial charge in [-0.15, -0.1) is 0 Å². The van der Waals surface area contributed by atoms with E-state index in [0.29, 0.717) is 0 Å². The summed E-state index contributed by atoms with van der Waals surface area (Å²) < 4.78 is 6.73. The Morgan fingerprint density at radius 3 is 2.00 bits per heavy atom. The second kappa shape index (κ2) is 7.58. The molecule has 1 nitrogen and oxygen atoms in total. The number of rotatable bonds is 3. The summed E-state index contributed by atoms with van der Waals surface area (Å²) in [4.78, 5) is 0. The topological polar surface area (TPSA) is 9.23 Å². The Morgan fingerprint density at radius 2 is 1.43 bits per heavy atom. The Labute approximate surface area is 140 Å². The first-order chi connectivity index (χ1) is 11.4. The predicted molar refractivity (Wildman–Crippen MR) is 101 cm³/mol. The molecular weight excluding hydrogens is 296 g/mol. The van der Waals surface area contributed by atoms with Crippen LogP contribution in [0.2, 0.25) is 0 Å². The van der Waals surface area contributed by atoms with Gasteiger partial charge in [-0.1, -0.05) is 85.8 Å². The second-order valence-electron chi connectivity index (χ2n) is 5.97. The number of hydrogen-bond acceptors (Lipinski definition) is 1. The molecule has 0 aromatic heterocycles. The van der Waals surface area contributed by atoms with E-state index in [1.807, 2.05) is 6.08 Å². The third-order valence-corrected chi connectivity index (χ3v) is 8.67. The van der Waals surface area contributed by atoms with Crippen LogP contribution in [-0.2, 0) is 4.43 Å². The Hall–Kier alpha value is -1.90. The molecule has 0 spiro atoms. The lowest BCUT2D eigenvalue weighted by Gasteiger charge is -2.33. The molecule has 0 saturated heterocycles. The van der Waals surface area contributed by atoms with Gasteiger partial charge in [-0.2, -0.15) is 0 Å². The molecule has 2 heteroatoms. The van der Waals surface area contributed by atoms with Gasteiger partial charge >= 0.3 is 0 Å². The average molecular weight is 321 g/mol. The maximum Gasteiger partial charge on any atom is 0.287 e. The van der Waals surface area contributed by atoms with E-state index in [1.54, 1.807) is 0 Å². The molecule has 2 aromatic carbocycles. The highest BCUT2D eigenvalue weighted by atomic mass is 28.4. The van der Waals surface area contributed by atoms with Crippen molar-refractivity contribution in [2.45, 2.75) is 25.7 Å². The Kier molecular flexibility index (Phi) is 5.26. The zero-order chi connectivity index (χ0) is 16.0. The Morgan fingerprint density at radius 1 is 0.826 bits per heavy atom. The maximum absolute atomic E-state index is 6.73. The number of benzene rings is 2. The summed E-state index contributed by atoms with van der Waals surface area (Å²) >= 11 is 0. The van der Waals surface area contributed by atoms with E-state index < -0.39 is 8.32 Å². The lowest BCUT2D eigenvalue weighted by molar-refractivity contribution is 0.310. The van der Waals surface area contributed by atoms with Crippen LogP contribution in [0.3, 0.4) is 0 Å². The van der Waals surface area contributed by atoms with E-state index in [4.69, 9.17) is 4.43 Å².